The van der Waals surface area contributed by atoms with Gasteiger partial charge in [-0.3, -0.25) is 10.1 Å². The van der Waals surface area contributed by atoms with Crippen molar-refractivity contribution >= 4 is 16.7 Å². The van der Waals surface area contributed by atoms with Crippen molar-refractivity contribution < 1.29 is 4.39 Å². The number of hydrogen-bond acceptors (Lipinski definition) is 3. The highest BCUT2D eigenvalue weighted by atomic mass is 19.1. The fraction of sp³-hybridized carbons (Fsp3) is 0.353. The molecule has 1 fully saturated rings. The number of hydrogen-bond donors (Lipinski definition) is 1. The maximum absolute atomic E-state index is 14.3. The first kappa shape index (κ1) is 14.6. The van der Waals surface area contributed by atoms with E-state index in [0.717, 1.165) is 29.5 Å². The minimum atomic E-state index is -0.295. The average molecular weight is 298 g/mol. The Morgan fingerprint density at radius 1 is 1.41 bits per heavy atom. The van der Waals surface area contributed by atoms with Crippen LogP contribution in [0.25, 0.3) is 11.0 Å². The van der Waals surface area contributed by atoms with E-state index in [9.17, 15) is 4.39 Å². The van der Waals surface area contributed by atoms with Gasteiger partial charge in [0.15, 0.2) is 5.65 Å². The lowest BCUT2D eigenvalue weighted by atomic mass is 10.1. The van der Waals surface area contributed by atoms with Crippen LogP contribution in [0.1, 0.15) is 37.9 Å². The minimum Gasteiger partial charge on any atom is -0.260 e. The number of allylic oxidation sites excluding steroid dienone is 3. The summed E-state index contributed by atoms with van der Waals surface area (Å²) in [5, 5.41) is 8.09. The second-order valence-electron chi connectivity index (χ2n) is 5.93. The van der Waals surface area contributed by atoms with E-state index < -0.39 is 0 Å². The molecule has 0 unspecified atom stereocenters. The van der Waals surface area contributed by atoms with Gasteiger partial charge in [-0.25, -0.2) is 9.37 Å². The van der Waals surface area contributed by atoms with Gasteiger partial charge in [-0.1, -0.05) is 6.58 Å². The minimum absolute atomic E-state index is 0.205. The summed E-state index contributed by atoms with van der Waals surface area (Å²) in [6.07, 6.45) is 3.75. The van der Waals surface area contributed by atoms with Gasteiger partial charge in [0.2, 0.25) is 0 Å². The maximum atomic E-state index is 14.3. The summed E-state index contributed by atoms with van der Waals surface area (Å²) in [6.45, 7) is 9.18. The SMILES string of the molecule is C=C(C)/C(F)=C(\N=C(/C)c1n[nH]c2ncc(C)cc12)C1CC1. The van der Waals surface area contributed by atoms with Crippen LogP contribution in [0.15, 0.2) is 40.9 Å². The summed E-state index contributed by atoms with van der Waals surface area (Å²) >= 11 is 0. The molecule has 0 spiro atoms. The van der Waals surface area contributed by atoms with Crippen molar-refractivity contribution in [2.75, 3.05) is 0 Å². The second-order valence-corrected chi connectivity index (χ2v) is 5.93. The molecule has 1 aliphatic carbocycles. The molecule has 0 atom stereocenters. The number of halogens is 1. The van der Waals surface area contributed by atoms with Crippen molar-refractivity contribution in [3.63, 3.8) is 0 Å². The number of fused-ring (bicyclic) bond motifs is 1. The zero-order valence-corrected chi connectivity index (χ0v) is 13.1. The highest BCUT2D eigenvalue weighted by Gasteiger charge is 2.29. The van der Waals surface area contributed by atoms with Crippen LogP contribution in [-0.4, -0.2) is 20.9 Å². The standard InChI is InChI=1S/C17H19FN4/c1-9(2)14(18)16(12-5-6-12)20-11(4)15-13-7-10(3)8-19-17(13)22-21-15/h7-8,12H,1,5-6H2,2-4H3,(H,19,21,22)/b16-14+,20-11+. The van der Waals surface area contributed by atoms with E-state index >= 15 is 0 Å². The summed E-state index contributed by atoms with van der Waals surface area (Å²) in [6, 6.07) is 2.01. The lowest BCUT2D eigenvalue weighted by Gasteiger charge is -2.05. The van der Waals surface area contributed by atoms with Crippen molar-refractivity contribution in [1.82, 2.24) is 15.2 Å². The number of nitrogens with zero attached hydrogens (tertiary/aromatic N) is 3. The van der Waals surface area contributed by atoms with Gasteiger partial charge in [-0.05, 0) is 50.8 Å². The molecule has 0 radical (unpaired) electrons. The predicted molar refractivity (Wildman–Crippen MR) is 86.5 cm³/mol. The average Bonchev–Trinajstić information content (AvgIpc) is 3.23. The molecule has 22 heavy (non-hydrogen) atoms. The third-order valence-electron chi connectivity index (χ3n) is 3.75. The first-order chi connectivity index (χ1) is 10.5. The molecule has 0 amide bonds. The third-order valence-corrected chi connectivity index (χ3v) is 3.75. The van der Waals surface area contributed by atoms with Crippen molar-refractivity contribution in [1.29, 1.82) is 0 Å². The van der Waals surface area contributed by atoms with Crippen molar-refractivity contribution in [3.8, 4) is 0 Å². The Hall–Kier alpha value is -2.30. The predicted octanol–water partition coefficient (Wildman–Crippen LogP) is 4.24. The van der Waals surface area contributed by atoms with Gasteiger partial charge in [-0.2, -0.15) is 5.10 Å². The molecule has 2 aromatic rings. The molecule has 3 rings (SSSR count). The molecular weight excluding hydrogens is 279 g/mol. The first-order valence-corrected chi connectivity index (χ1v) is 7.39. The number of rotatable bonds is 4. The van der Waals surface area contributed by atoms with Crippen LogP contribution >= 0.6 is 0 Å². The normalized spacial score (nSPS) is 16.8. The molecule has 0 saturated heterocycles. The van der Waals surface area contributed by atoms with Crippen LogP contribution in [0.5, 0.6) is 0 Å². The van der Waals surface area contributed by atoms with Gasteiger partial charge >= 0.3 is 0 Å². The lowest BCUT2D eigenvalue weighted by Crippen LogP contribution is -2.00. The van der Waals surface area contributed by atoms with Crippen LogP contribution in [0.4, 0.5) is 4.39 Å². The van der Waals surface area contributed by atoms with Crippen LogP contribution in [0.2, 0.25) is 0 Å². The second kappa shape index (κ2) is 5.48. The zero-order chi connectivity index (χ0) is 15.9. The number of aliphatic imine (C=N–C) groups is 1. The molecule has 1 saturated carbocycles. The topological polar surface area (TPSA) is 53.9 Å². The van der Waals surface area contributed by atoms with Gasteiger partial charge in [0, 0.05) is 17.5 Å². The van der Waals surface area contributed by atoms with E-state index in [1.54, 1.807) is 13.1 Å². The van der Waals surface area contributed by atoms with E-state index in [2.05, 4.69) is 26.8 Å². The van der Waals surface area contributed by atoms with Gasteiger partial charge in [-0.15, -0.1) is 0 Å². The summed E-state index contributed by atoms with van der Waals surface area (Å²) in [4.78, 5) is 8.83. The molecule has 0 aliphatic heterocycles. The Labute approximate surface area is 128 Å². The smallest absolute Gasteiger partial charge is 0.155 e. The van der Waals surface area contributed by atoms with Gasteiger partial charge < -0.3 is 0 Å². The summed E-state index contributed by atoms with van der Waals surface area (Å²) in [5.74, 6) is -0.0901. The molecule has 5 heteroatoms. The number of aromatic nitrogens is 3. The maximum Gasteiger partial charge on any atom is 0.155 e. The van der Waals surface area contributed by atoms with Crippen LogP contribution in [0, 0.1) is 12.8 Å². The lowest BCUT2D eigenvalue weighted by molar-refractivity contribution is 0.625. The van der Waals surface area contributed by atoms with Gasteiger partial charge in [0.1, 0.15) is 11.5 Å². The van der Waals surface area contributed by atoms with Crippen molar-refractivity contribution in [3.05, 3.63) is 47.2 Å². The monoisotopic (exact) mass is 298 g/mol. The largest absolute Gasteiger partial charge is 0.260 e. The summed E-state index contributed by atoms with van der Waals surface area (Å²) < 4.78 is 14.3. The van der Waals surface area contributed by atoms with Crippen LogP contribution < -0.4 is 0 Å². The van der Waals surface area contributed by atoms with E-state index in [1.807, 2.05) is 19.9 Å². The Kier molecular flexibility index (Phi) is 3.64. The van der Waals surface area contributed by atoms with Crippen LogP contribution in [-0.2, 0) is 0 Å². The summed E-state index contributed by atoms with van der Waals surface area (Å²) in [7, 11) is 0. The van der Waals surface area contributed by atoms with E-state index in [0.29, 0.717) is 22.6 Å². The Morgan fingerprint density at radius 2 is 2.14 bits per heavy atom. The number of pyridine rings is 1. The number of H-pyrrole nitrogens is 1. The first-order valence-electron chi connectivity index (χ1n) is 7.39. The molecule has 1 aliphatic rings. The fourth-order valence-corrected chi connectivity index (χ4v) is 2.41. The molecule has 2 aromatic heterocycles. The Balaban J connectivity index is 2.07. The van der Waals surface area contributed by atoms with Crippen molar-refractivity contribution in [2.45, 2.75) is 33.6 Å². The molecule has 1 N–H and O–H groups in total. The fourth-order valence-electron chi connectivity index (χ4n) is 2.41. The molecule has 114 valence electrons. The highest BCUT2D eigenvalue weighted by molar-refractivity contribution is 6.07. The molecular formula is C17H19FN4. The quantitative estimate of drug-likeness (QED) is 0.678. The van der Waals surface area contributed by atoms with Gasteiger partial charge in [0.25, 0.3) is 0 Å². The molecule has 4 nitrogen and oxygen atoms in total. The number of nitrogens with one attached hydrogen (secondary N) is 1. The van der Waals surface area contributed by atoms with Crippen LogP contribution in [0.3, 0.4) is 0 Å². The number of aryl methyl sites for hydroxylation is 1. The van der Waals surface area contributed by atoms with E-state index in [-0.39, 0.29) is 11.7 Å². The van der Waals surface area contributed by atoms with Crippen molar-refractivity contribution in [2.24, 2.45) is 10.9 Å². The Morgan fingerprint density at radius 3 is 2.77 bits per heavy atom. The molecule has 0 aromatic carbocycles. The van der Waals surface area contributed by atoms with E-state index in [1.165, 1.54) is 0 Å². The number of aromatic amines is 1. The van der Waals surface area contributed by atoms with Gasteiger partial charge in [0.05, 0.1) is 11.4 Å². The summed E-state index contributed by atoms with van der Waals surface area (Å²) in [5.41, 5.74) is 4.10. The Bertz CT molecular complexity index is 809. The third kappa shape index (κ3) is 2.71. The van der Waals surface area contributed by atoms with E-state index in [4.69, 9.17) is 0 Å². The zero-order valence-electron chi connectivity index (χ0n) is 13.1. The molecule has 2 heterocycles. The molecule has 0 bridgehead atoms. The highest BCUT2D eigenvalue weighted by Crippen LogP contribution is 2.40.